The van der Waals surface area contributed by atoms with E-state index in [0.717, 1.165) is 45.0 Å². The van der Waals surface area contributed by atoms with Gasteiger partial charge in [0.2, 0.25) is 0 Å². The number of pyridine rings is 1. The monoisotopic (exact) mass is 859 g/mol. The molecule has 5 heteroatoms. The Labute approximate surface area is 387 Å². The number of para-hydroxylation sites is 1. The van der Waals surface area contributed by atoms with Gasteiger partial charge in [-0.05, 0) is 134 Å². The van der Waals surface area contributed by atoms with Gasteiger partial charge < -0.3 is 14.5 Å². The summed E-state index contributed by atoms with van der Waals surface area (Å²) >= 11 is 0. The molecule has 0 bridgehead atoms. The molecule has 2 aromatic heterocycles. The molecule has 1 aliphatic heterocycles. The van der Waals surface area contributed by atoms with Gasteiger partial charge >= 0.3 is 0 Å². The first-order valence-electron chi connectivity index (χ1n) is 23.5. The Morgan fingerprint density at radius 2 is 1.12 bits per heavy atom. The highest BCUT2D eigenvalue weighted by Crippen LogP contribution is 2.49. The lowest BCUT2D eigenvalue weighted by atomic mass is 9.85. The van der Waals surface area contributed by atoms with E-state index in [1.165, 1.54) is 55.8 Å². The Hall–Kier alpha value is -6.33. The summed E-state index contributed by atoms with van der Waals surface area (Å²) in [5, 5.41) is 2.35. The minimum absolute atomic E-state index is 0.00559. The number of anilines is 4. The summed E-state index contributed by atoms with van der Waals surface area (Å²) in [5.41, 5.74) is 15.9. The molecule has 65 heavy (non-hydrogen) atoms. The summed E-state index contributed by atoms with van der Waals surface area (Å²) in [6.45, 7) is 30.4. The van der Waals surface area contributed by atoms with Crippen molar-refractivity contribution in [2.24, 2.45) is 0 Å². The van der Waals surface area contributed by atoms with Gasteiger partial charge in [-0.15, -0.1) is 0 Å². The Bertz CT molecular complexity index is 3050. The lowest BCUT2D eigenvalue weighted by molar-refractivity contribution is 0.483. The van der Waals surface area contributed by atoms with Crippen molar-refractivity contribution >= 4 is 44.6 Å². The van der Waals surface area contributed by atoms with Gasteiger partial charge in [-0.2, -0.15) is 0 Å². The second-order valence-corrected chi connectivity index (χ2v) is 21.9. The molecule has 1 aliphatic rings. The molecular weight excluding hydrogens is 793 g/mol. The largest absolute Gasteiger partial charge is 0.457 e. The first-order valence-corrected chi connectivity index (χ1v) is 23.5. The number of nitrogens with zero attached hydrogens (tertiary/aromatic N) is 4. The number of ether oxygens (including phenoxy) is 1. The lowest BCUT2D eigenvalue weighted by Gasteiger charge is -2.26. The third kappa shape index (κ3) is 8.31. The molecule has 0 N–H and O–H groups in total. The van der Waals surface area contributed by atoms with E-state index in [1.54, 1.807) is 0 Å². The molecule has 0 atom stereocenters. The lowest BCUT2D eigenvalue weighted by Crippen LogP contribution is -2.24. The van der Waals surface area contributed by atoms with Crippen molar-refractivity contribution in [2.75, 3.05) is 16.5 Å². The van der Waals surface area contributed by atoms with Crippen molar-refractivity contribution in [1.29, 1.82) is 0 Å². The third-order valence-electron chi connectivity index (χ3n) is 13.3. The van der Waals surface area contributed by atoms with Crippen molar-refractivity contribution < 1.29 is 4.74 Å². The summed E-state index contributed by atoms with van der Waals surface area (Å²) < 4.78 is 9.45. The molecule has 3 heterocycles. The van der Waals surface area contributed by atoms with Gasteiger partial charge in [0.1, 0.15) is 24.0 Å². The normalized spacial score (nSPS) is 13.5. The smallest absolute Gasteiger partial charge is 0.137 e. The van der Waals surface area contributed by atoms with Gasteiger partial charge in [-0.25, -0.2) is 4.98 Å². The Balaban J connectivity index is 1.23. The molecule has 0 saturated heterocycles. The molecule has 0 spiro atoms. The molecule has 0 unspecified atom stereocenters. The Morgan fingerprint density at radius 3 is 1.82 bits per heavy atom. The summed E-state index contributed by atoms with van der Waals surface area (Å²) in [6.07, 6.45) is 1.94. The highest BCUT2D eigenvalue weighted by atomic mass is 16.5. The van der Waals surface area contributed by atoms with Gasteiger partial charge in [0.05, 0.1) is 22.4 Å². The van der Waals surface area contributed by atoms with Gasteiger partial charge in [0, 0.05) is 40.5 Å². The Kier molecular flexibility index (Phi) is 11.0. The van der Waals surface area contributed by atoms with E-state index < -0.39 is 0 Å². The van der Waals surface area contributed by atoms with Crippen molar-refractivity contribution in [2.45, 2.75) is 118 Å². The fourth-order valence-corrected chi connectivity index (χ4v) is 9.54. The highest BCUT2D eigenvalue weighted by molar-refractivity contribution is 6.09. The van der Waals surface area contributed by atoms with Gasteiger partial charge in [-0.3, -0.25) is 4.57 Å². The van der Waals surface area contributed by atoms with Crippen LogP contribution in [-0.4, -0.2) is 16.2 Å². The molecule has 0 aliphatic carbocycles. The number of hydrogen-bond acceptors (Lipinski definition) is 4. The minimum atomic E-state index is -0.0186. The number of fused-ring (bicyclic) bond motifs is 4. The predicted octanol–water partition coefficient (Wildman–Crippen LogP) is 17.0. The molecule has 6 aromatic carbocycles. The van der Waals surface area contributed by atoms with E-state index in [2.05, 4.69) is 238 Å². The van der Waals surface area contributed by atoms with Gasteiger partial charge in [0.25, 0.3) is 0 Å². The molecule has 0 radical (unpaired) electrons. The van der Waals surface area contributed by atoms with Crippen LogP contribution in [0.5, 0.6) is 11.5 Å². The number of rotatable bonds is 8. The van der Waals surface area contributed by atoms with Crippen LogP contribution in [0.15, 0.2) is 140 Å². The zero-order chi connectivity index (χ0) is 46.2. The quantitative estimate of drug-likeness (QED) is 0.152. The maximum Gasteiger partial charge on any atom is 0.137 e. The van der Waals surface area contributed by atoms with Gasteiger partial charge in [-0.1, -0.05) is 145 Å². The van der Waals surface area contributed by atoms with E-state index in [1.807, 2.05) is 6.20 Å². The fraction of sp³-hybridized carbons (Fsp3) is 0.317. The van der Waals surface area contributed by atoms with Crippen LogP contribution in [0.2, 0.25) is 0 Å². The summed E-state index contributed by atoms with van der Waals surface area (Å²) in [6, 6.07) is 49.4. The van der Waals surface area contributed by atoms with E-state index in [4.69, 9.17) is 9.72 Å². The first kappa shape index (κ1) is 43.9. The second-order valence-electron chi connectivity index (χ2n) is 21.9. The van der Waals surface area contributed by atoms with E-state index in [-0.39, 0.29) is 16.2 Å². The van der Waals surface area contributed by atoms with E-state index >= 15 is 0 Å². The van der Waals surface area contributed by atoms with Crippen molar-refractivity contribution in [1.82, 2.24) is 9.55 Å². The SMILES string of the molecule is CC(C)c1cccc(C(C)C)c1-c1cc(Oc2ccc3c4ccccc4n(-c4cc(C(C)(C)C)ccn4)c3c2)cc(N2CN(c3cccc(C(C)(C)C)c3)c3cc(C(C)(C)C)ccc32)c1. The fourth-order valence-electron chi connectivity index (χ4n) is 9.54. The van der Waals surface area contributed by atoms with Crippen molar-refractivity contribution in [3.05, 3.63) is 167 Å². The van der Waals surface area contributed by atoms with Crippen LogP contribution in [0.25, 0.3) is 38.8 Å². The molecule has 0 amide bonds. The standard InChI is InChI=1S/C60H66N4O/c1-38(2)48-21-17-22-49(39(3)4)57(48)40-30-45(63-37-62(44-19-16-18-41(32-44)58(5,6)7)55-33-42(59(8,9)10)24-27-53(55)63)35-47(31-40)65-46-25-26-51-50-20-14-15-23-52(50)64(54(51)36-46)56-34-43(28-29-61-56)60(11,12)13/h14-36,38-39H,37H2,1-13H3. The molecule has 5 nitrogen and oxygen atoms in total. The molecule has 332 valence electrons. The Morgan fingerprint density at radius 1 is 0.492 bits per heavy atom. The van der Waals surface area contributed by atoms with Crippen LogP contribution in [0.4, 0.5) is 22.7 Å². The van der Waals surface area contributed by atoms with Crippen LogP contribution in [0.1, 0.15) is 130 Å². The maximum atomic E-state index is 7.16. The second kappa shape index (κ2) is 16.3. The van der Waals surface area contributed by atoms with Crippen LogP contribution in [-0.2, 0) is 16.2 Å². The third-order valence-corrected chi connectivity index (χ3v) is 13.3. The number of aromatic nitrogens is 2. The van der Waals surface area contributed by atoms with Crippen LogP contribution in [0.3, 0.4) is 0 Å². The average Bonchev–Trinajstić information content (AvgIpc) is 3.81. The molecule has 0 saturated carbocycles. The van der Waals surface area contributed by atoms with Crippen molar-refractivity contribution in [3.63, 3.8) is 0 Å². The molecule has 0 fully saturated rings. The van der Waals surface area contributed by atoms with E-state index in [0.29, 0.717) is 18.5 Å². The maximum absolute atomic E-state index is 7.16. The van der Waals surface area contributed by atoms with Crippen molar-refractivity contribution in [3.8, 4) is 28.4 Å². The molecule has 8 aromatic rings. The van der Waals surface area contributed by atoms with E-state index in [9.17, 15) is 0 Å². The summed E-state index contributed by atoms with van der Waals surface area (Å²) in [7, 11) is 0. The van der Waals surface area contributed by atoms with Crippen LogP contribution in [0, 0.1) is 0 Å². The number of hydrogen-bond donors (Lipinski definition) is 0. The minimum Gasteiger partial charge on any atom is -0.457 e. The topological polar surface area (TPSA) is 33.5 Å². The summed E-state index contributed by atoms with van der Waals surface area (Å²) in [5.74, 6) is 3.13. The van der Waals surface area contributed by atoms with Crippen LogP contribution < -0.4 is 14.5 Å². The van der Waals surface area contributed by atoms with Gasteiger partial charge in [0.15, 0.2) is 0 Å². The predicted molar refractivity (Wildman–Crippen MR) is 277 cm³/mol. The molecule has 9 rings (SSSR count). The molecular formula is C60H66N4O. The highest BCUT2D eigenvalue weighted by Gasteiger charge is 2.32. The summed E-state index contributed by atoms with van der Waals surface area (Å²) in [4.78, 5) is 9.92. The zero-order valence-electron chi connectivity index (χ0n) is 40.8. The number of benzene rings is 6. The first-order chi connectivity index (χ1) is 30.8. The zero-order valence-corrected chi connectivity index (χ0v) is 40.8. The average molecular weight is 859 g/mol. The van der Waals surface area contributed by atoms with Crippen LogP contribution >= 0.6 is 0 Å².